The van der Waals surface area contributed by atoms with E-state index in [0.717, 1.165) is 0 Å². The van der Waals surface area contributed by atoms with Crippen LogP contribution in [0.25, 0.3) is 220 Å². The minimum Gasteiger partial charge on any atom is -0.0622 e. The molecule has 22 aromatic carbocycles. The summed E-state index contributed by atoms with van der Waals surface area (Å²) in [6, 6.07) is 169. The average molecular weight is 1470 g/mol. The lowest BCUT2D eigenvalue weighted by Gasteiger charge is -2.18. The minimum atomic E-state index is 1.21. The van der Waals surface area contributed by atoms with Gasteiger partial charge in [-0.15, -0.1) is 0 Å². The van der Waals surface area contributed by atoms with Gasteiger partial charge in [0.1, 0.15) is 0 Å². The SMILES string of the molecule is c1ccc(-c2ccc(-c3ccc(-c4ccc5ccc(-c6c7ccccc7c(-c7ccc(-c8ccc9ccccc9c8)cc7)c7ccccc67)cc5c4)cc3)cc2)cc1.c1ccc(-c2cccc(-c3ccc(-c4ccc5ccc(-c6c7ccccc7c(-c7ccc(-c8ccc9ccccc9c8)cc7)c7ccccc67)cc5c4)cc3)c2)cc1. The average Bonchev–Trinajstić information content (AvgIpc) is 0.735. The highest BCUT2D eigenvalue weighted by Gasteiger charge is 2.21. The molecule has 0 saturated heterocycles. The van der Waals surface area contributed by atoms with Crippen LogP contribution in [0.3, 0.4) is 0 Å². The Kier molecular flexibility index (Phi) is 17.7. The largest absolute Gasteiger partial charge is 0.0622 e. The third-order valence-electron chi connectivity index (χ3n) is 23.7. The van der Waals surface area contributed by atoms with Gasteiger partial charge in [-0.2, -0.15) is 0 Å². The van der Waals surface area contributed by atoms with E-state index in [-0.39, 0.29) is 0 Å². The Bertz CT molecular complexity index is 7370. The predicted octanol–water partition coefficient (Wildman–Crippen LogP) is 32.6. The van der Waals surface area contributed by atoms with Crippen LogP contribution in [0.4, 0.5) is 0 Å². The Morgan fingerprint density at radius 3 is 0.534 bits per heavy atom. The molecule has 0 aromatic heterocycles. The van der Waals surface area contributed by atoms with Gasteiger partial charge in [-0.25, -0.2) is 0 Å². The molecule has 0 spiro atoms. The van der Waals surface area contributed by atoms with Crippen molar-refractivity contribution in [2.75, 3.05) is 0 Å². The summed E-state index contributed by atoms with van der Waals surface area (Å²) in [7, 11) is 0. The van der Waals surface area contributed by atoms with Crippen molar-refractivity contribution in [2.24, 2.45) is 0 Å². The Balaban J connectivity index is 0.000000145. The summed E-state index contributed by atoms with van der Waals surface area (Å²) in [5, 5.41) is 20.1. The van der Waals surface area contributed by atoms with Crippen LogP contribution in [0.15, 0.2) is 461 Å². The van der Waals surface area contributed by atoms with Crippen molar-refractivity contribution >= 4 is 86.2 Å². The Morgan fingerprint density at radius 1 is 0.0776 bits per heavy atom. The van der Waals surface area contributed by atoms with E-state index in [2.05, 4.69) is 461 Å². The van der Waals surface area contributed by atoms with Crippen molar-refractivity contribution < 1.29 is 0 Å². The Labute approximate surface area is 676 Å². The van der Waals surface area contributed by atoms with Gasteiger partial charge in [0.15, 0.2) is 0 Å². The van der Waals surface area contributed by atoms with Gasteiger partial charge in [0, 0.05) is 0 Å². The first-order valence-electron chi connectivity index (χ1n) is 40.1. The first-order chi connectivity index (χ1) is 57.5. The van der Waals surface area contributed by atoms with Crippen LogP contribution >= 0.6 is 0 Å². The second-order valence-corrected chi connectivity index (χ2v) is 30.6. The lowest BCUT2D eigenvalue weighted by atomic mass is 9.85. The van der Waals surface area contributed by atoms with E-state index in [1.165, 1.54) is 220 Å². The van der Waals surface area contributed by atoms with Gasteiger partial charge in [-0.3, -0.25) is 0 Å². The maximum Gasteiger partial charge on any atom is -0.00262 e. The third-order valence-corrected chi connectivity index (χ3v) is 23.7. The third kappa shape index (κ3) is 13.1. The molecule has 0 amide bonds. The summed E-state index contributed by atoms with van der Waals surface area (Å²) < 4.78 is 0. The summed E-state index contributed by atoms with van der Waals surface area (Å²) in [4.78, 5) is 0. The van der Waals surface area contributed by atoms with E-state index in [4.69, 9.17) is 0 Å². The molecule has 0 aliphatic heterocycles. The normalized spacial score (nSPS) is 11.4. The highest BCUT2D eigenvalue weighted by Crippen LogP contribution is 2.48. The smallest absolute Gasteiger partial charge is 0.00262 e. The van der Waals surface area contributed by atoms with Gasteiger partial charge in [0.05, 0.1) is 0 Å². The van der Waals surface area contributed by atoms with Crippen LogP contribution in [-0.2, 0) is 0 Å². The molecule has 0 fully saturated rings. The van der Waals surface area contributed by atoms with Crippen molar-refractivity contribution in [2.45, 2.75) is 0 Å². The fourth-order valence-corrected chi connectivity index (χ4v) is 17.8. The van der Waals surface area contributed by atoms with Crippen molar-refractivity contribution in [3.8, 4) is 134 Å². The van der Waals surface area contributed by atoms with E-state index in [1.54, 1.807) is 0 Å². The van der Waals surface area contributed by atoms with E-state index < -0.39 is 0 Å². The highest BCUT2D eigenvalue weighted by molar-refractivity contribution is 6.23. The number of fused-ring (bicyclic) bond motifs is 8. The molecule has 0 nitrogen and oxygen atoms in total. The van der Waals surface area contributed by atoms with Crippen LogP contribution in [0.1, 0.15) is 0 Å². The zero-order valence-electron chi connectivity index (χ0n) is 63.9. The molecule has 540 valence electrons. The first-order valence-corrected chi connectivity index (χ1v) is 40.1. The second kappa shape index (κ2) is 29.9. The molecule has 116 heavy (non-hydrogen) atoms. The van der Waals surface area contributed by atoms with Gasteiger partial charge < -0.3 is 0 Å². The van der Waals surface area contributed by atoms with Gasteiger partial charge in [0.25, 0.3) is 0 Å². The molecule has 0 atom stereocenters. The van der Waals surface area contributed by atoms with Crippen LogP contribution in [0.5, 0.6) is 0 Å². The van der Waals surface area contributed by atoms with Gasteiger partial charge in [0.2, 0.25) is 0 Å². The molecule has 0 heterocycles. The molecule has 0 aliphatic rings. The van der Waals surface area contributed by atoms with Crippen LogP contribution in [0, 0.1) is 0 Å². The number of rotatable bonds is 12. The maximum absolute atomic E-state index is 2.38. The maximum atomic E-state index is 2.38. The van der Waals surface area contributed by atoms with Gasteiger partial charge in [-0.1, -0.05) is 419 Å². The minimum absolute atomic E-state index is 1.21. The summed E-state index contributed by atoms with van der Waals surface area (Å²) in [5.41, 5.74) is 29.6. The van der Waals surface area contributed by atoms with Crippen molar-refractivity contribution in [3.63, 3.8) is 0 Å². The van der Waals surface area contributed by atoms with Crippen LogP contribution in [-0.4, -0.2) is 0 Å². The van der Waals surface area contributed by atoms with E-state index in [1.807, 2.05) is 0 Å². The molecule has 0 saturated carbocycles. The monoisotopic (exact) mass is 1470 g/mol. The summed E-state index contributed by atoms with van der Waals surface area (Å²) >= 11 is 0. The molecule has 0 aliphatic carbocycles. The van der Waals surface area contributed by atoms with Crippen LogP contribution < -0.4 is 0 Å². The topological polar surface area (TPSA) is 0 Å². The molecule has 0 bridgehead atoms. The number of hydrogen-bond donors (Lipinski definition) is 0. The highest BCUT2D eigenvalue weighted by atomic mass is 14.2. The standard InChI is InChI=1S/2C58H38/c1-2-11-39(12-3-1)47-15-10-16-48(35-47)41-21-23-42(24-22-41)50-33-28-44-29-34-51(38-52(44)37-50)58-55-19-8-6-17-53(55)57(54-18-7-9-20-56(54)58)45-30-25-43(26-31-45)49-32-27-40-13-4-5-14-46(40)36-49;1-2-10-39(11-3-1)41-18-20-42(21-19-41)43-22-24-44(25-23-43)50-34-29-46-30-35-51(38-52(46)37-50)58-55-16-8-6-14-53(55)57(54-15-7-9-17-56(54)58)47-31-26-45(27-32-47)49-33-28-40-12-4-5-13-48(40)36-49/h2*1-38H. The lowest BCUT2D eigenvalue weighted by Crippen LogP contribution is -1.91. The summed E-state index contributed by atoms with van der Waals surface area (Å²) in [5.74, 6) is 0. The van der Waals surface area contributed by atoms with E-state index >= 15 is 0 Å². The molecular formula is C116H76. The molecule has 0 heteroatoms. The van der Waals surface area contributed by atoms with Crippen molar-refractivity contribution in [3.05, 3.63) is 461 Å². The number of benzene rings is 22. The van der Waals surface area contributed by atoms with E-state index in [9.17, 15) is 0 Å². The van der Waals surface area contributed by atoms with Crippen molar-refractivity contribution in [1.82, 2.24) is 0 Å². The molecule has 22 aromatic rings. The molecule has 22 rings (SSSR count). The summed E-state index contributed by atoms with van der Waals surface area (Å²) in [6.07, 6.45) is 0. The predicted molar refractivity (Wildman–Crippen MR) is 498 cm³/mol. The van der Waals surface area contributed by atoms with E-state index in [0.29, 0.717) is 0 Å². The molecule has 0 unspecified atom stereocenters. The quantitative estimate of drug-likeness (QED) is 0.107. The van der Waals surface area contributed by atoms with Gasteiger partial charge in [-0.05, 0) is 262 Å². The zero-order valence-corrected chi connectivity index (χ0v) is 63.9. The number of hydrogen-bond acceptors (Lipinski definition) is 0. The lowest BCUT2D eigenvalue weighted by molar-refractivity contribution is 1.58. The molecule has 0 N–H and O–H groups in total. The fraction of sp³-hybridized carbons (Fsp3) is 0. The zero-order chi connectivity index (χ0) is 76.8. The summed E-state index contributed by atoms with van der Waals surface area (Å²) in [6.45, 7) is 0. The second-order valence-electron chi connectivity index (χ2n) is 30.6. The Hall–Kier alpha value is -15.1. The Morgan fingerprint density at radius 2 is 0.241 bits per heavy atom. The van der Waals surface area contributed by atoms with Crippen molar-refractivity contribution in [1.29, 1.82) is 0 Å². The molecular weight excluding hydrogens is 1390 g/mol. The molecule has 0 radical (unpaired) electrons. The fourth-order valence-electron chi connectivity index (χ4n) is 17.8. The first kappa shape index (κ1) is 68.9. The van der Waals surface area contributed by atoms with Gasteiger partial charge >= 0.3 is 0 Å². The van der Waals surface area contributed by atoms with Crippen LogP contribution in [0.2, 0.25) is 0 Å².